The van der Waals surface area contributed by atoms with Gasteiger partial charge in [0.2, 0.25) is 0 Å². The van der Waals surface area contributed by atoms with Crippen molar-refractivity contribution in [2.45, 2.75) is 6.92 Å². The molecule has 2 aromatic carbocycles. The average Bonchev–Trinajstić information content (AvgIpc) is 2.52. The highest BCUT2D eigenvalue weighted by atomic mass is 32.2. The molecule has 2 rings (SSSR count). The second-order valence-corrected chi connectivity index (χ2v) is 6.29. The molecular formula is C16H17NO4S. The molecule has 0 unspecified atom stereocenters. The van der Waals surface area contributed by atoms with E-state index < -0.39 is 10.1 Å². The lowest BCUT2D eigenvalue weighted by atomic mass is 10.0. The molecule has 0 saturated heterocycles. The molecule has 0 atom stereocenters. The Hall–Kier alpha value is -2.34. The van der Waals surface area contributed by atoms with Crippen LogP contribution in [-0.4, -0.2) is 27.5 Å². The van der Waals surface area contributed by atoms with E-state index in [0.29, 0.717) is 5.71 Å². The number of methoxy groups -OCH3 is 1. The van der Waals surface area contributed by atoms with E-state index in [1.807, 2.05) is 42.5 Å². The molecule has 0 heterocycles. The monoisotopic (exact) mass is 319 g/mol. The highest BCUT2D eigenvalue weighted by Gasteiger charge is 2.09. The van der Waals surface area contributed by atoms with Crippen molar-refractivity contribution in [2.24, 2.45) is 5.16 Å². The molecule has 0 bridgehead atoms. The molecule has 0 aliphatic carbocycles. The Morgan fingerprint density at radius 1 is 1.09 bits per heavy atom. The van der Waals surface area contributed by atoms with Crippen LogP contribution in [-0.2, 0) is 14.4 Å². The topological polar surface area (TPSA) is 65.0 Å². The quantitative estimate of drug-likeness (QED) is 0.627. The molecule has 0 spiro atoms. The van der Waals surface area contributed by atoms with Crippen LogP contribution in [0.3, 0.4) is 0 Å². The Kier molecular flexibility index (Phi) is 4.82. The van der Waals surface area contributed by atoms with Crippen LogP contribution in [0.1, 0.15) is 12.5 Å². The predicted octanol–water partition coefficient (Wildman–Crippen LogP) is 3.06. The minimum atomic E-state index is -3.61. The molecule has 0 saturated carbocycles. The summed E-state index contributed by atoms with van der Waals surface area (Å²) in [7, 11) is -2.01. The van der Waals surface area contributed by atoms with E-state index in [1.165, 1.54) is 0 Å². The van der Waals surface area contributed by atoms with Gasteiger partial charge < -0.3 is 4.74 Å². The molecular weight excluding hydrogens is 302 g/mol. The van der Waals surface area contributed by atoms with Gasteiger partial charge >= 0.3 is 10.1 Å². The van der Waals surface area contributed by atoms with Gasteiger partial charge in [0.15, 0.2) is 0 Å². The number of ether oxygens (including phenoxy) is 1. The van der Waals surface area contributed by atoms with Crippen LogP contribution in [0.4, 0.5) is 0 Å². The summed E-state index contributed by atoms with van der Waals surface area (Å²) in [6.45, 7) is 1.68. The lowest BCUT2D eigenvalue weighted by Gasteiger charge is -2.11. The van der Waals surface area contributed by atoms with Gasteiger partial charge in [-0.25, -0.2) is 0 Å². The smallest absolute Gasteiger partial charge is 0.325 e. The Morgan fingerprint density at radius 2 is 1.77 bits per heavy atom. The lowest BCUT2D eigenvalue weighted by molar-refractivity contribution is 0.343. The molecule has 0 aliphatic heterocycles. The van der Waals surface area contributed by atoms with Crippen molar-refractivity contribution in [2.75, 3.05) is 13.4 Å². The van der Waals surface area contributed by atoms with E-state index in [0.717, 1.165) is 28.7 Å². The minimum Gasteiger partial charge on any atom is -0.496 e. The van der Waals surface area contributed by atoms with Gasteiger partial charge in [-0.3, -0.25) is 4.28 Å². The number of nitrogens with zero attached hydrogens (tertiary/aromatic N) is 1. The van der Waals surface area contributed by atoms with E-state index in [4.69, 9.17) is 4.74 Å². The largest absolute Gasteiger partial charge is 0.496 e. The lowest BCUT2D eigenvalue weighted by Crippen LogP contribution is -2.02. The number of oxime groups is 1. The SMILES string of the molecule is COc1ccc(/C(C)=N/OS(C)(=O)=O)cc1-c1ccccc1. The maximum absolute atomic E-state index is 11.0. The van der Waals surface area contributed by atoms with Crippen LogP contribution in [0, 0.1) is 0 Å². The summed E-state index contributed by atoms with van der Waals surface area (Å²) in [6.07, 6.45) is 0.952. The van der Waals surface area contributed by atoms with E-state index in [1.54, 1.807) is 20.1 Å². The second-order valence-electron chi connectivity index (χ2n) is 4.74. The van der Waals surface area contributed by atoms with Gasteiger partial charge in [0.05, 0.1) is 19.1 Å². The van der Waals surface area contributed by atoms with Crippen molar-refractivity contribution in [3.8, 4) is 16.9 Å². The number of rotatable bonds is 5. The summed E-state index contributed by atoms with van der Waals surface area (Å²) >= 11 is 0. The van der Waals surface area contributed by atoms with Crippen LogP contribution in [0.15, 0.2) is 53.7 Å². The van der Waals surface area contributed by atoms with Crippen LogP contribution < -0.4 is 4.74 Å². The van der Waals surface area contributed by atoms with Gasteiger partial charge in [0.1, 0.15) is 5.75 Å². The van der Waals surface area contributed by atoms with Gasteiger partial charge in [-0.15, -0.1) is 0 Å². The van der Waals surface area contributed by atoms with Gasteiger partial charge in [-0.1, -0.05) is 35.5 Å². The third-order valence-corrected chi connectivity index (χ3v) is 3.36. The van der Waals surface area contributed by atoms with Crippen molar-refractivity contribution in [1.29, 1.82) is 0 Å². The van der Waals surface area contributed by atoms with Crippen LogP contribution >= 0.6 is 0 Å². The fourth-order valence-electron chi connectivity index (χ4n) is 1.95. The number of hydrogen-bond donors (Lipinski definition) is 0. The second kappa shape index (κ2) is 6.62. The van der Waals surface area contributed by atoms with Crippen LogP contribution in [0.5, 0.6) is 5.75 Å². The standard InChI is InChI=1S/C16H17NO4S/c1-12(17-21-22(3,18)19)14-9-10-16(20-2)15(11-14)13-7-5-4-6-8-13/h4-11H,1-3H3/b17-12+. The van der Waals surface area contributed by atoms with Crippen molar-refractivity contribution >= 4 is 15.8 Å². The van der Waals surface area contributed by atoms with Gasteiger partial charge in [-0.05, 0) is 36.2 Å². The number of benzene rings is 2. The summed E-state index contributed by atoms with van der Waals surface area (Å²) in [5.41, 5.74) is 3.11. The third kappa shape index (κ3) is 4.08. The average molecular weight is 319 g/mol. The highest BCUT2D eigenvalue weighted by molar-refractivity contribution is 7.85. The minimum absolute atomic E-state index is 0.463. The molecule has 0 aliphatic rings. The van der Waals surface area contributed by atoms with Crippen molar-refractivity contribution < 1.29 is 17.4 Å². The summed E-state index contributed by atoms with van der Waals surface area (Å²) in [5, 5.41) is 3.64. The summed E-state index contributed by atoms with van der Waals surface area (Å²) < 4.78 is 31.9. The molecule has 0 aromatic heterocycles. The molecule has 6 heteroatoms. The van der Waals surface area contributed by atoms with E-state index in [9.17, 15) is 8.42 Å². The fraction of sp³-hybridized carbons (Fsp3) is 0.188. The Bertz CT molecular complexity index is 783. The van der Waals surface area contributed by atoms with Gasteiger partial charge in [0, 0.05) is 5.56 Å². The Morgan fingerprint density at radius 3 is 2.36 bits per heavy atom. The summed E-state index contributed by atoms with van der Waals surface area (Å²) in [5.74, 6) is 0.729. The van der Waals surface area contributed by atoms with E-state index >= 15 is 0 Å². The highest BCUT2D eigenvalue weighted by Crippen LogP contribution is 2.30. The first kappa shape index (κ1) is 16.0. The molecule has 0 amide bonds. The fourth-order valence-corrected chi connectivity index (χ4v) is 2.20. The summed E-state index contributed by atoms with van der Waals surface area (Å²) in [4.78, 5) is 0. The molecule has 22 heavy (non-hydrogen) atoms. The first-order chi connectivity index (χ1) is 10.4. The van der Waals surface area contributed by atoms with E-state index in [-0.39, 0.29) is 0 Å². The Balaban J connectivity index is 2.44. The first-order valence-electron chi connectivity index (χ1n) is 6.58. The zero-order valence-electron chi connectivity index (χ0n) is 12.6. The van der Waals surface area contributed by atoms with Crippen LogP contribution in [0.2, 0.25) is 0 Å². The zero-order valence-corrected chi connectivity index (χ0v) is 13.4. The number of hydrogen-bond acceptors (Lipinski definition) is 5. The van der Waals surface area contributed by atoms with Gasteiger partial charge in [0.25, 0.3) is 0 Å². The molecule has 5 nitrogen and oxygen atoms in total. The zero-order chi connectivity index (χ0) is 16.2. The van der Waals surface area contributed by atoms with Gasteiger partial charge in [-0.2, -0.15) is 8.42 Å². The molecule has 0 fully saturated rings. The molecule has 2 aromatic rings. The van der Waals surface area contributed by atoms with E-state index in [2.05, 4.69) is 9.44 Å². The van der Waals surface area contributed by atoms with Crippen molar-refractivity contribution in [1.82, 2.24) is 0 Å². The van der Waals surface area contributed by atoms with Crippen LogP contribution in [0.25, 0.3) is 11.1 Å². The summed E-state index contributed by atoms with van der Waals surface area (Å²) in [6, 6.07) is 15.3. The third-order valence-electron chi connectivity index (χ3n) is 3.01. The van der Waals surface area contributed by atoms with Crippen molar-refractivity contribution in [3.63, 3.8) is 0 Å². The predicted molar refractivity (Wildman–Crippen MR) is 86.6 cm³/mol. The maximum atomic E-state index is 11.0. The normalized spacial score (nSPS) is 12.0. The van der Waals surface area contributed by atoms with Crippen molar-refractivity contribution in [3.05, 3.63) is 54.1 Å². The molecule has 0 N–H and O–H groups in total. The Labute approximate surface area is 130 Å². The maximum Gasteiger partial charge on any atom is 0.325 e. The molecule has 0 radical (unpaired) electrons. The first-order valence-corrected chi connectivity index (χ1v) is 8.39. The molecule has 116 valence electrons.